The highest BCUT2D eigenvalue weighted by molar-refractivity contribution is 5.89. The minimum Gasteiger partial charge on any atom is -0.339 e. The van der Waals surface area contributed by atoms with Gasteiger partial charge in [-0.05, 0) is 35.9 Å². The molecule has 7 nitrogen and oxygen atoms in total. The molecule has 0 saturated carbocycles. The second-order valence-electron chi connectivity index (χ2n) is 5.11. The quantitative estimate of drug-likeness (QED) is 0.753. The van der Waals surface area contributed by atoms with E-state index in [0.717, 1.165) is 11.1 Å². The fourth-order valence-corrected chi connectivity index (χ4v) is 2.08. The number of hydrogen-bond donors (Lipinski definition) is 2. The molecule has 0 aliphatic heterocycles. The van der Waals surface area contributed by atoms with E-state index in [4.69, 9.17) is 4.52 Å². The van der Waals surface area contributed by atoms with Crippen LogP contribution in [0.3, 0.4) is 0 Å². The number of carbonyl (C=O) groups excluding carboxylic acids is 1. The van der Waals surface area contributed by atoms with Crippen molar-refractivity contribution in [1.29, 1.82) is 0 Å². The summed E-state index contributed by atoms with van der Waals surface area (Å²) in [7, 11) is 0. The van der Waals surface area contributed by atoms with Crippen molar-refractivity contribution in [1.82, 2.24) is 20.4 Å². The number of rotatable bonds is 5. The van der Waals surface area contributed by atoms with Crippen LogP contribution in [0.5, 0.6) is 0 Å². The van der Waals surface area contributed by atoms with Crippen molar-refractivity contribution in [2.24, 2.45) is 0 Å². The molecule has 0 saturated heterocycles. The monoisotopic (exact) mass is 323 g/mol. The molecule has 0 spiro atoms. The van der Waals surface area contributed by atoms with E-state index in [1.54, 1.807) is 24.5 Å². The lowest BCUT2D eigenvalue weighted by Crippen LogP contribution is -2.28. The number of anilines is 1. The standard InChI is InChI=1S/C17H17N5O2/c1-2-15-21-16(22-24-15)13-5-7-14(8-6-13)20-17(23)19-11-12-4-3-9-18-10-12/h3-10H,2,11H2,1H3,(H2,19,20,23). The van der Waals surface area contributed by atoms with E-state index < -0.39 is 0 Å². The third-order valence-electron chi connectivity index (χ3n) is 3.35. The van der Waals surface area contributed by atoms with Gasteiger partial charge in [-0.15, -0.1) is 0 Å². The van der Waals surface area contributed by atoms with Crippen LogP contribution in [-0.2, 0) is 13.0 Å². The maximum absolute atomic E-state index is 11.9. The summed E-state index contributed by atoms with van der Waals surface area (Å²) >= 11 is 0. The van der Waals surface area contributed by atoms with Crippen LogP contribution in [-0.4, -0.2) is 21.2 Å². The van der Waals surface area contributed by atoms with Crippen molar-refractivity contribution in [3.8, 4) is 11.4 Å². The number of benzene rings is 1. The number of urea groups is 1. The normalized spacial score (nSPS) is 10.4. The van der Waals surface area contributed by atoms with Crippen LogP contribution in [0.2, 0.25) is 0 Å². The van der Waals surface area contributed by atoms with Gasteiger partial charge < -0.3 is 15.2 Å². The van der Waals surface area contributed by atoms with E-state index in [1.165, 1.54) is 0 Å². The number of nitrogens with one attached hydrogen (secondary N) is 2. The van der Waals surface area contributed by atoms with E-state index >= 15 is 0 Å². The van der Waals surface area contributed by atoms with Crippen molar-refractivity contribution in [3.05, 3.63) is 60.2 Å². The first-order valence-corrected chi connectivity index (χ1v) is 7.61. The van der Waals surface area contributed by atoms with Gasteiger partial charge in [0.25, 0.3) is 0 Å². The van der Waals surface area contributed by atoms with Gasteiger partial charge in [0.15, 0.2) is 0 Å². The minimum atomic E-state index is -0.278. The fourth-order valence-electron chi connectivity index (χ4n) is 2.08. The molecule has 0 atom stereocenters. The molecule has 2 amide bonds. The fraction of sp³-hybridized carbons (Fsp3) is 0.176. The summed E-state index contributed by atoms with van der Waals surface area (Å²) in [5, 5.41) is 9.47. The van der Waals surface area contributed by atoms with E-state index in [9.17, 15) is 4.79 Å². The Morgan fingerprint density at radius 3 is 2.71 bits per heavy atom. The Kier molecular flexibility index (Phi) is 4.81. The van der Waals surface area contributed by atoms with Gasteiger partial charge in [-0.1, -0.05) is 18.1 Å². The molecule has 0 unspecified atom stereocenters. The first kappa shape index (κ1) is 15.7. The molecule has 7 heteroatoms. The molecule has 3 aromatic rings. The molecule has 2 N–H and O–H groups in total. The number of aromatic nitrogens is 3. The minimum absolute atomic E-state index is 0.278. The highest BCUT2D eigenvalue weighted by atomic mass is 16.5. The molecule has 2 aromatic heterocycles. The van der Waals surface area contributed by atoms with Gasteiger partial charge in [-0.25, -0.2) is 4.79 Å². The average Bonchev–Trinajstić information content (AvgIpc) is 3.11. The molecule has 0 bridgehead atoms. The van der Waals surface area contributed by atoms with Crippen LogP contribution in [0.15, 0.2) is 53.3 Å². The Balaban J connectivity index is 1.56. The van der Waals surface area contributed by atoms with Crippen LogP contribution in [0.4, 0.5) is 10.5 Å². The van der Waals surface area contributed by atoms with E-state index in [0.29, 0.717) is 30.4 Å². The van der Waals surface area contributed by atoms with Gasteiger partial charge in [0.2, 0.25) is 11.7 Å². The predicted octanol–water partition coefficient (Wildman–Crippen LogP) is 3.02. The van der Waals surface area contributed by atoms with E-state index in [-0.39, 0.29) is 6.03 Å². The van der Waals surface area contributed by atoms with Crippen LogP contribution in [0, 0.1) is 0 Å². The van der Waals surface area contributed by atoms with Gasteiger partial charge in [-0.2, -0.15) is 4.98 Å². The van der Waals surface area contributed by atoms with E-state index in [2.05, 4.69) is 25.8 Å². The molecule has 0 radical (unpaired) electrons. The number of amides is 2. The zero-order chi connectivity index (χ0) is 16.8. The third kappa shape index (κ3) is 3.95. The Hall–Kier alpha value is -3.22. The van der Waals surface area contributed by atoms with Crippen LogP contribution < -0.4 is 10.6 Å². The van der Waals surface area contributed by atoms with E-state index in [1.807, 2.05) is 31.2 Å². The van der Waals surface area contributed by atoms with Gasteiger partial charge in [-0.3, -0.25) is 4.98 Å². The Morgan fingerprint density at radius 1 is 1.21 bits per heavy atom. The molecule has 0 fully saturated rings. The third-order valence-corrected chi connectivity index (χ3v) is 3.35. The lowest BCUT2D eigenvalue weighted by Gasteiger charge is -2.07. The summed E-state index contributed by atoms with van der Waals surface area (Å²) in [5.41, 5.74) is 2.45. The second kappa shape index (κ2) is 7.36. The topological polar surface area (TPSA) is 92.9 Å². The van der Waals surface area contributed by atoms with Crippen molar-refractivity contribution in [3.63, 3.8) is 0 Å². The van der Waals surface area contributed by atoms with Crippen molar-refractivity contribution in [2.75, 3.05) is 5.32 Å². The number of aryl methyl sites for hydroxylation is 1. The van der Waals surface area contributed by atoms with Crippen LogP contribution in [0.25, 0.3) is 11.4 Å². The lowest BCUT2D eigenvalue weighted by molar-refractivity contribution is 0.251. The summed E-state index contributed by atoms with van der Waals surface area (Å²) in [6.45, 7) is 2.37. The molecule has 0 aliphatic rings. The molecule has 1 aromatic carbocycles. The van der Waals surface area contributed by atoms with Crippen molar-refractivity contribution >= 4 is 11.7 Å². The molecule has 0 aliphatic carbocycles. The number of carbonyl (C=O) groups is 1. The number of nitrogens with zero attached hydrogens (tertiary/aromatic N) is 3. The molecule has 3 rings (SSSR count). The first-order valence-electron chi connectivity index (χ1n) is 7.61. The average molecular weight is 323 g/mol. The van der Waals surface area contributed by atoms with Crippen molar-refractivity contribution in [2.45, 2.75) is 19.9 Å². The maximum Gasteiger partial charge on any atom is 0.319 e. The van der Waals surface area contributed by atoms with Gasteiger partial charge in [0.1, 0.15) is 0 Å². The SMILES string of the molecule is CCc1nc(-c2ccc(NC(=O)NCc3cccnc3)cc2)no1. The van der Waals surface area contributed by atoms with Gasteiger partial charge >= 0.3 is 6.03 Å². The molecule has 24 heavy (non-hydrogen) atoms. The van der Waals surface area contributed by atoms with Crippen LogP contribution >= 0.6 is 0 Å². The molecule has 2 heterocycles. The Labute approximate surface area is 139 Å². The highest BCUT2D eigenvalue weighted by Gasteiger charge is 2.07. The second-order valence-corrected chi connectivity index (χ2v) is 5.11. The predicted molar refractivity (Wildman–Crippen MR) is 89.2 cm³/mol. The summed E-state index contributed by atoms with van der Waals surface area (Å²) in [6.07, 6.45) is 4.10. The van der Waals surface area contributed by atoms with Crippen molar-refractivity contribution < 1.29 is 9.32 Å². The molecular formula is C17H17N5O2. The van der Waals surface area contributed by atoms with Gasteiger partial charge in [0, 0.05) is 36.6 Å². The lowest BCUT2D eigenvalue weighted by atomic mass is 10.2. The van der Waals surface area contributed by atoms with Crippen LogP contribution in [0.1, 0.15) is 18.4 Å². The summed E-state index contributed by atoms with van der Waals surface area (Å²) < 4.78 is 5.09. The summed E-state index contributed by atoms with van der Waals surface area (Å²) in [6, 6.07) is 10.7. The Morgan fingerprint density at radius 2 is 2.04 bits per heavy atom. The highest BCUT2D eigenvalue weighted by Crippen LogP contribution is 2.18. The van der Waals surface area contributed by atoms with Gasteiger partial charge in [0.05, 0.1) is 0 Å². The zero-order valence-electron chi connectivity index (χ0n) is 13.2. The zero-order valence-corrected chi connectivity index (χ0v) is 13.2. The summed E-state index contributed by atoms with van der Waals surface area (Å²) in [5.74, 6) is 1.14. The molecular weight excluding hydrogens is 306 g/mol. The summed E-state index contributed by atoms with van der Waals surface area (Å²) in [4.78, 5) is 20.2. The first-order chi connectivity index (χ1) is 11.7. The Bertz CT molecular complexity index is 799. The number of hydrogen-bond acceptors (Lipinski definition) is 5. The number of pyridine rings is 1. The molecule has 122 valence electrons. The largest absolute Gasteiger partial charge is 0.339 e. The maximum atomic E-state index is 11.9. The smallest absolute Gasteiger partial charge is 0.319 e.